The first-order valence-corrected chi connectivity index (χ1v) is 42.0. The zero-order valence-corrected chi connectivity index (χ0v) is 69.3. The first kappa shape index (κ1) is 49.6. The maximum atomic E-state index is 13.5. The molecule has 8 N–H and O–H groups in total. The number of Topliss-reactive ketones (excluding diaryl/α,β-unsaturated/α-hetero) is 4. The zero-order valence-electron chi connectivity index (χ0n) is 105. The third kappa shape index (κ3) is 21.0. The number of nitrogens with zero attached hydrogens (tertiary/aromatic N) is 4. The van der Waals surface area contributed by atoms with Crippen LogP contribution in [-0.4, -0.2) is 101 Å². The van der Waals surface area contributed by atoms with E-state index in [-0.39, 0.29) is 79.8 Å². The second-order valence-electron chi connectivity index (χ2n) is 24.2. The van der Waals surface area contributed by atoms with Gasteiger partial charge in [-0.2, -0.15) is 0 Å². The maximum absolute atomic E-state index is 13.5. The Morgan fingerprint density at radius 1 is 0.333 bits per heavy atom. The van der Waals surface area contributed by atoms with E-state index in [4.69, 9.17) is 76.0 Å². The van der Waals surface area contributed by atoms with Crippen LogP contribution in [-0.2, 0) is 40.1 Å². The minimum atomic E-state index is -5.10. The summed E-state index contributed by atoms with van der Waals surface area (Å²) in [6, 6.07) is 3.91. The van der Waals surface area contributed by atoms with Crippen molar-refractivity contribution in [1.82, 2.24) is 20.6 Å². The Morgan fingerprint density at radius 2 is 0.575 bits per heavy atom. The van der Waals surface area contributed by atoms with Gasteiger partial charge in [0.1, 0.15) is 39.1 Å². The Labute approximate surface area is 767 Å². The van der Waals surface area contributed by atoms with Crippen LogP contribution in [0.3, 0.4) is 0 Å². The van der Waals surface area contributed by atoms with Crippen molar-refractivity contribution in [3.8, 4) is 0 Å². The van der Waals surface area contributed by atoms with Crippen molar-refractivity contribution >= 4 is 178 Å². The average molecular weight is 1830 g/mol. The predicted molar refractivity (Wildman–Crippen MR) is 460 cm³/mol. The molecule has 0 atom stereocenters. The van der Waals surface area contributed by atoms with E-state index in [9.17, 15) is 72.0 Å². The quantitative estimate of drug-likeness (QED) is 0.0260. The number of rotatable bonds is 24. The fourth-order valence-corrected chi connectivity index (χ4v) is 18.7. The highest BCUT2D eigenvalue weighted by Crippen LogP contribution is 2.36. The monoisotopic (exact) mass is 1830 g/mol. The van der Waals surface area contributed by atoms with Crippen LogP contribution in [0.15, 0.2) is 132 Å². The molecule has 120 heavy (non-hydrogen) atoms. The molecule has 0 aliphatic carbocycles. The summed E-state index contributed by atoms with van der Waals surface area (Å²) in [5.41, 5.74) is -13.6. The van der Waals surface area contributed by atoms with Gasteiger partial charge in [-0.05, 0) is 252 Å². The van der Waals surface area contributed by atoms with Crippen molar-refractivity contribution in [2.45, 2.75) is 157 Å². The molecule has 0 spiro atoms. The van der Waals surface area contributed by atoms with Gasteiger partial charge in [0.05, 0.1) is 51.0 Å². The Hall–Kier alpha value is -11.9. The normalized spacial score (nSPS) is 17.5. The number of ketones is 4. The van der Waals surface area contributed by atoms with Crippen molar-refractivity contribution < 1.29 is 148 Å². The van der Waals surface area contributed by atoms with E-state index in [1.807, 2.05) is 0 Å². The van der Waals surface area contributed by atoms with E-state index in [0.717, 1.165) is 68.8 Å². The van der Waals surface area contributed by atoms with Gasteiger partial charge in [-0.1, -0.05) is 44.8 Å². The van der Waals surface area contributed by atoms with Crippen LogP contribution in [0.5, 0.6) is 0 Å². The number of anilines is 8. The van der Waals surface area contributed by atoms with Crippen molar-refractivity contribution in [2.75, 3.05) is 40.1 Å². The molecule has 632 valence electrons. The number of carbonyl (C=O) groups excluding carboxylic acids is 8. The third-order valence-corrected chi connectivity index (χ3v) is 25.0. The molecule has 4 aromatic carbocycles. The molecule has 32 nitrogen and oxygen atoms in total. The molecule has 8 aromatic heterocycles. The largest absolute Gasteiger partial charge is 0.337 e. The molecule has 12 aromatic rings. The highest BCUT2D eigenvalue weighted by molar-refractivity contribution is 7.94. The minimum Gasteiger partial charge on any atom is -0.337 e. The standard InChI is InChI=1S/4C20H21N3O5S2/c4*1-10-8-11(2)17(15(9-10)14(5)24)21-19(25)18-16(6-7-29-18)30(26,27)23-20-12(3)13(4)22-28-20/h4*6-9,23H,1-5H3,(H,21,25)/i1D3,2D3,4D3,8D;1D3,2D3,3D3,8D;3D3,4D3,8D;1D3,2D3,8D/hD8. The summed E-state index contributed by atoms with van der Waals surface area (Å²) in [4.78, 5) is 97.6. The molecule has 0 saturated carbocycles. The lowest BCUT2D eigenvalue weighted by Gasteiger charge is -2.14. The number of amides is 4. The van der Waals surface area contributed by atoms with Crippen molar-refractivity contribution in [3.63, 3.8) is 0 Å². The van der Waals surface area contributed by atoms with E-state index < -0.39 is 326 Å². The number of nitrogens with one attached hydrogen (secondary N) is 8. The van der Waals surface area contributed by atoms with Crippen LogP contribution >= 0.6 is 45.3 Å². The molecule has 0 bridgehead atoms. The van der Waals surface area contributed by atoms with Gasteiger partial charge in [0.2, 0.25) is 23.5 Å². The lowest BCUT2D eigenvalue weighted by molar-refractivity contribution is 0.100. The van der Waals surface area contributed by atoms with E-state index in [0.29, 0.717) is 68.7 Å². The molecule has 0 saturated heterocycles. The van der Waals surface area contributed by atoms with Gasteiger partial charge in [-0.3, -0.25) is 38.4 Å². The first-order chi connectivity index (χ1) is 73.3. The summed E-state index contributed by atoms with van der Waals surface area (Å²) in [5.74, 6) is -12.4. The Morgan fingerprint density at radius 3 is 0.833 bits per heavy atom. The summed E-state index contributed by atoms with van der Waals surface area (Å²) >= 11 is 2.08. The molecule has 12 rings (SSSR count). The van der Waals surface area contributed by atoms with Crippen molar-refractivity contribution in [1.29, 1.82) is 0 Å². The van der Waals surface area contributed by atoms with Gasteiger partial charge < -0.3 is 39.3 Å². The maximum Gasteiger partial charge on any atom is 0.267 e. The van der Waals surface area contributed by atoms with Crippen LogP contribution in [0.2, 0.25) is 11.3 Å². The number of carbonyl (C=O) groups is 8. The van der Waals surface area contributed by atoms with Crippen molar-refractivity contribution in [3.05, 3.63) is 226 Å². The summed E-state index contributed by atoms with van der Waals surface area (Å²) in [6.07, 6.45) is 0. The SMILES string of the molecule is [2H]c1c(C([2H])([2H])[2H])cc(C(C)=O)c(N([2H])C(=O)c2sccc2S(=O)(=O)N([2H])c2onc(C([2H])([2H])[2H])c2C)c1C([2H])([2H])[2H].[2H]c1c(C([2H])([2H])[2H])cc(C(C)=O)c(N([2H])C(=O)c2sccc2S(=O)(=O)N([2H])c2onc(C)c2C([2H])([2H])[2H])c1C([2H])([2H])[2H].[2H]c1c(C([2H])([2H])[2H])cc(C(C)=O)c(N([2H])C(=O)c2sccc2S(=O)(=O)N([2H])c2onc(C)c2C)c1C([2H])([2H])[2H].[2H]c1c(C)cc(C(C)=O)c(N([2H])C(=O)c2sccc2S(=O)(=O)N([2H])c2onc(C([2H])([2H])[2H])c2C([2H])([2H])[2H])c1C. The topological polar surface area (TPSA) is 473 Å². The molecule has 0 radical (unpaired) electrons. The molecule has 0 fully saturated rings. The number of thiophene rings is 4. The van der Waals surface area contributed by atoms with E-state index in [1.54, 1.807) is 6.92 Å². The fourth-order valence-electron chi connectivity index (χ4n) is 9.71. The van der Waals surface area contributed by atoms with Gasteiger partial charge >= 0.3 is 0 Å². The van der Waals surface area contributed by atoms with Gasteiger partial charge in [0, 0.05) is 85.6 Å². The van der Waals surface area contributed by atoms with Gasteiger partial charge in [-0.15, -0.1) is 45.3 Å². The lowest BCUT2D eigenvalue weighted by atomic mass is 10.0. The number of aromatic nitrogens is 4. The number of hydrogen-bond acceptors (Lipinski definition) is 28. The second kappa shape index (κ2) is 37.2. The summed E-state index contributed by atoms with van der Waals surface area (Å²) in [6.45, 7) is -18.7. The Kier molecular flexibility index (Phi) is 15.4. The number of aryl methyl sites for hydroxylation is 8. The molecule has 0 unspecified atom stereocenters. The molecule has 4 amide bonds. The van der Waals surface area contributed by atoms with Crippen LogP contribution in [0.4, 0.5) is 46.3 Å². The fraction of sp³-hybridized carbons (Fsp3) is 0.250. The summed E-state index contributed by atoms with van der Waals surface area (Å²) < 4.78 is 455. The molecule has 40 heteroatoms. The third-order valence-electron chi connectivity index (χ3n) is 15.6. The average Bonchev–Trinajstić information content (AvgIpc) is 1.42. The molecule has 8 heterocycles. The van der Waals surface area contributed by atoms with Gasteiger partial charge in [0.25, 0.3) is 63.7 Å². The van der Waals surface area contributed by atoms with E-state index in [2.05, 4.69) is 20.6 Å². The van der Waals surface area contributed by atoms with Crippen LogP contribution in [0.25, 0.3) is 0 Å². The van der Waals surface area contributed by atoms with Gasteiger partial charge in [-0.25, -0.2) is 52.5 Å². The van der Waals surface area contributed by atoms with Crippen LogP contribution in [0.1, 0.15) is 244 Å². The van der Waals surface area contributed by atoms with Crippen LogP contribution < -0.4 is 40.1 Å². The Balaban J connectivity index is 0.000000238. The second-order valence-corrected chi connectivity index (χ2v) is 34.2. The van der Waals surface area contributed by atoms with Crippen LogP contribution in [0, 0.1) is 110 Å². The summed E-state index contributed by atoms with van der Waals surface area (Å²) in [7, 11) is -20.0. The lowest BCUT2D eigenvalue weighted by Crippen LogP contribution is -2.20. The highest BCUT2D eigenvalue weighted by Gasteiger charge is 2.33. The molecular weight excluding hydrogens is 1710 g/mol. The number of hydrogen-bond donors (Lipinski definition) is 8. The predicted octanol–water partition coefficient (Wildman–Crippen LogP) is 16.9. The number of sulfonamides is 4. The molecule has 0 aliphatic heterocycles. The first-order valence-electron chi connectivity index (χ1n) is 53.3. The zero-order chi connectivity index (χ0) is 124. The van der Waals surface area contributed by atoms with Crippen molar-refractivity contribution in [2.24, 2.45) is 0 Å². The van der Waals surface area contributed by atoms with E-state index >= 15 is 0 Å². The molecule has 0 aliphatic rings. The molecular formula is C80H84N12O20S8. The highest BCUT2D eigenvalue weighted by atomic mass is 32.2. The summed E-state index contributed by atoms with van der Waals surface area (Å²) in [5, 5.41) is 18.0. The van der Waals surface area contributed by atoms with E-state index in [1.165, 1.54) is 51.4 Å². The minimum absolute atomic E-state index is 0.0113. The smallest absolute Gasteiger partial charge is 0.267 e. The van der Waals surface area contributed by atoms with Gasteiger partial charge in [0.15, 0.2) is 34.4 Å². The number of benzene rings is 4. The Bertz CT molecular complexity index is 8420.